The van der Waals surface area contributed by atoms with Gasteiger partial charge >= 0.3 is 0 Å². The zero-order valence-electron chi connectivity index (χ0n) is 14.0. The molecule has 22 heavy (non-hydrogen) atoms. The summed E-state index contributed by atoms with van der Waals surface area (Å²) in [5, 5.41) is 0. The van der Waals surface area contributed by atoms with Gasteiger partial charge in [0.1, 0.15) is 5.78 Å². The lowest BCUT2D eigenvalue weighted by molar-refractivity contribution is -0.129. The molecule has 0 spiro atoms. The van der Waals surface area contributed by atoms with Crippen LogP contribution in [0.2, 0.25) is 0 Å². The summed E-state index contributed by atoms with van der Waals surface area (Å²) >= 11 is 0. The third kappa shape index (κ3) is 1.87. The molecule has 118 valence electrons. The summed E-state index contributed by atoms with van der Waals surface area (Å²) in [6, 6.07) is 0. The van der Waals surface area contributed by atoms with Crippen LogP contribution in [0.25, 0.3) is 0 Å². The van der Waals surface area contributed by atoms with Gasteiger partial charge < -0.3 is 0 Å². The first-order valence-electron chi connectivity index (χ1n) is 9.16. The molecule has 1 unspecified atom stereocenters. The number of carbonyl (C=O) groups is 1. The molecule has 4 aliphatic carbocycles. The number of rotatable bonds is 1. The maximum atomic E-state index is 12.4. The minimum Gasteiger partial charge on any atom is -0.299 e. The Morgan fingerprint density at radius 2 is 2.18 bits per heavy atom. The van der Waals surface area contributed by atoms with E-state index in [1.165, 1.54) is 30.4 Å². The van der Waals surface area contributed by atoms with Crippen LogP contribution in [-0.4, -0.2) is 5.78 Å². The van der Waals surface area contributed by atoms with Crippen LogP contribution in [0.4, 0.5) is 0 Å². The third-order valence-corrected chi connectivity index (χ3v) is 7.46. The van der Waals surface area contributed by atoms with Gasteiger partial charge in [-0.2, -0.15) is 0 Å². The van der Waals surface area contributed by atoms with E-state index < -0.39 is 0 Å². The molecule has 1 nitrogen and oxygen atoms in total. The highest BCUT2D eigenvalue weighted by Gasteiger charge is 2.55. The van der Waals surface area contributed by atoms with Crippen LogP contribution in [0, 0.1) is 35.0 Å². The molecule has 0 aromatic carbocycles. The summed E-state index contributed by atoms with van der Waals surface area (Å²) in [4.78, 5) is 12.4. The summed E-state index contributed by atoms with van der Waals surface area (Å²) in [6.45, 7) is 8.82. The molecule has 0 heterocycles. The van der Waals surface area contributed by atoms with Gasteiger partial charge in [0.05, 0.1) is 0 Å². The van der Waals surface area contributed by atoms with Crippen molar-refractivity contribution in [1.29, 1.82) is 0 Å². The lowest BCUT2D eigenvalue weighted by Crippen LogP contribution is -2.45. The molecule has 0 aliphatic heterocycles. The lowest BCUT2D eigenvalue weighted by atomic mass is 9.53. The second kappa shape index (κ2) is 4.94. The first-order chi connectivity index (χ1) is 10.5. The van der Waals surface area contributed by atoms with Crippen LogP contribution >= 0.6 is 0 Å². The van der Waals surface area contributed by atoms with E-state index in [-0.39, 0.29) is 5.41 Å². The SMILES string of the molecule is C=C1C=C2C=C[C@@H]3[C@H](CC[C@]4(C)C(=O)CC[C@@H]34)[C@H]2CC1CC. The van der Waals surface area contributed by atoms with E-state index >= 15 is 0 Å². The number of ketones is 1. The average Bonchev–Trinajstić information content (AvgIpc) is 2.82. The molecular weight excluding hydrogens is 268 g/mol. The van der Waals surface area contributed by atoms with Crippen LogP contribution in [0.1, 0.15) is 52.4 Å². The van der Waals surface area contributed by atoms with Crippen molar-refractivity contribution in [1.82, 2.24) is 0 Å². The fourth-order valence-corrected chi connectivity index (χ4v) is 6.02. The molecule has 0 N–H and O–H groups in total. The summed E-state index contributed by atoms with van der Waals surface area (Å²) in [5.41, 5.74) is 2.83. The van der Waals surface area contributed by atoms with Crippen LogP contribution in [0.15, 0.2) is 36.0 Å². The first-order valence-corrected chi connectivity index (χ1v) is 9.16. The molecule has 0 bridgehead atoms. The number of allylic oxidation sites excluding steroid dienone is 5. The van der Waals surface area contributed by atoms with E-state index in [2.05, 4.69) is 38.7 Å². The maximum Gasteiger partial charge on any atom is 0.139 e. The normalized spacial score (nSPS) is 46.8. The van der Waals surface area contributed by atoms with E-state index in [0.717, 1.165) is 25.2 Å². The molecule has 0 saturated heterocycles. The molecule has 2 fully saturated rings. The van der Waals surface area contributed by atoms with Gasteiger partial charge in [0.25, 0.3) is 0 Å². The molecular formula is C21H28O. The Morgan fingerprint density at radius 1 is 1.36 bits per heavy atom. The Kier molecular flexibility index (Phi) is 3.25. The minimum absolute atomic E-state index is 0.0187. The van der Waals surface area contributed by atoms with Gasteiger partial charge in [-0.15, -0.1) is 0 Å². The number of fused-ring (bicyclic) bond motifs is 5. The Bertz CT molecular complexity index is 581. The summed E-state index contributed by atoms with van der Waals surface area (Å²) in [5.74, 6) is 3.92. The predicted octanol–water partition coefficient (Wildman–Crippen LogP) is 5.10. The van der Waals surface area contributed by atoms with Gasteiger partial charge in [0.2, 0.25) is 0 Å². The van der Waals surface area contributed by atoms with Crippen LogP contribution in [0.5, 0.6) is 0 Å². The van der Waals surface area contributed by atoms with Crippen molar-refractivity contribution in [2.24, 2.45) is 35.0 Å². The van der Waals surface area contributed by atoms with Crippen LogP contribution < -0.4 is 0 Å². The fraction of sp³-hybridized carbons (Fsp3) is 0.667. The van der Waals surface area contributed by atoms with Crippen molar-refractivity contribution in [3.8, 4) is 0 Å². The summed E-state index contributed by atoms with van der Waals surface area (Å²) in [6.07, 6.45) is 14.0. The van der Waals surface area contributed by atoms with E-state index in [1.807, 2.05) is 0 Å². The van der Waals surface area contributed by atoms with Gasteiger partial charge in [-0.1, -0.05) is 44.2 Å². The van der Waals surface area contributed by atoms with E-state index in [0.29, 0.717) is 29.5 Å². The van der Waals surface area contributed by atoms with Gasteiger partial charge in [-0.25, -0.2) is 0 Å². The smallest absolute Gasteiger partial charge is 0.139 e. The highest BCUT2D eigenvalue weighted by atomic mass is 16.1. The Labute approximate surface area is 134 Å². The van der Waals surface area contributed by atoms with Gasteiger partial charge in [0.15, 0.2) is 0 Å². The van der Waals surface area contributed by atoms with E-state index in [4.69, 9.17) is 0 Å². The summed E-state index contributed by atoms with van der Waals surface area (Å²) < 4.78 is 0. The highest BCUT2D eigenvalue weighted by Crippen LogP contribution is 2.59. The molecule has 6 atom stereocenters. The zero-order valence-corrected chi connectivity index (χ0v) is 14.0. The molecule has 0 aromatic heterocycles. The predicted molar refractivity (Wildman–Crippen MR) is 90.3 cm³/mol. The maximum absolute atomic E-state index is 12.4. The highest BCUT2D eigenvalue weighted by molar-refractivity contribution is 5.87. The number of carbonyl (C=O) groups excluding carboxylic acids is 1. The average molecular weight is 296 g/mol. The van der Waals surface area contributed by atoms with Gasteiger partial charge in [-0.05, 0) is 67.3 Å². The van der Waals surface area contributed by atoms with E-state index in [1.54, 1.807) is 0 Å². The summed E-state index contributed by atoms with van der Waals surface area (Å²) in [7, 11) is 0. The molecule has 0 amide bonds. The quantitative estimate of drug-likeness (QED) is 0.658. The van der Waals surface area contributed by atoms with Gasteiger partial charge in [0, 0.05) is 11.8 Å². The number of hydrogen-bond donors (Lipinski definition) is 0. The van der Waals surface area contributed by atoms with Crippen molar-refractivity contribution in [2.45, 2.75) is 52.4 Å². The Balaban J connectivity index is 1.69. The van der Waals surface area contributed by atoms with Gasteiger partial charge in [-0.3, -0.25) is 4.79 Å². The standard InChI is InChI=1S/C21H28O/c1-4-14-12-18-15(11-13(14)2)5-6-17-16(18)9-10-21(3)19(17)7-8-20(21)22/h5-6,11,14,16-19H,2,4,7-10,12H2,1,3H3/t14?,16-,17+,18-,19-,21-/m0/s1. The number of Topliss-reactive ketones (excluding diaryl/α,β-unsaturated/α-hetero) is 1. The fourth-order valence-electron chi connectivity index (χ4n) is 6.02. The first kappa shape index (κ1) is 14.5. The van der Waals surface area contributed by atoms with Crippen LogP contribution in [-0.2, 0) is 4.79 Å². The Hall–Kier alpha value is -1.11. The second-order valence-corrected chi connectivity index (χ2v) is 8.29. The van der Waals surface area contributed by atoms with E-state index in [9.17, 15) is 4.79 Å². The monoisotopic (exact) mass is 296 g/mol. The molecule has 4 aliphatic rings. The minimum atomic E-state index is -0.0187. The second-order valence-electron chi connectivity index (χ2n) is 8.29. The van der Waals surface area contributed by atoms with Crippen molar-refractivity contribution < 1.29 is 4.79 Å². The lowest BCUT2D eigenvalue weighted by Gasteiger charge is -2.50. The molecule has 1 heteroatoms. The van der Waals surface area contributed by atoms with Crippen molar-refractivity contribution >= 4 is 5.78 Å². The van der Waals surface area contributed by atoms with Crippen LogP contribution in [0.3, 0.4) is 0 Å². The number of hydrogen-bond acceptors (Lipinski definition) is 1. The molecule has 4 rings (SSSR count). The van der Waals surface area contributed by atoms with Crippen molar-refractivity contribution in [3.63, 3.8) is 0 Å². The zero-order chi connectivity index (χ0) is 15.5. The molecule has 2 saturated carbocycles. The molecule has 0 radical (unpaired) electrons. The van der Waals surface area contributed by atoms with Crippen molar-refractivity contribution in [3.05, 3.63) is 36.0 Å². The third-order valence-electron chi connectivity index (χ3n) is 7.46. The van der Waals surface area contributed by atoms with Crippen molar-refractivity contribution in [2.75, 3.05) is 0 Å². The topological polar surface area (TPSA) is 17.1 Å². The largest absolute Gasteiger partial charge is 0.299 e. The Morgan fingerprint density at radius 3 is 2.95 bits per heavy atom. The molecule has 0 aromatic rings.